The number of rotatable bonds is 3. The maximum atomic E-state index is 14.1. The summed E-state index contributed by atoms with van der Waals surface area (Å²) in [6.45, 7) is 0.374. The van der Waals surface area contributed by atoms with Gasteiger partial charge in [0, 0.05) is 23.0 Å². The van der Waals surface area contributed by atoms with Crippen molar-refractivity contribution in [3.05, 3.63) is 116 Å². The summed E-state index contributed by atoms with van der Waals surface area (Å²) in [6, 6.07) is 18.3. The molecule has 0 saturated carbocycles. The number of likely N-dealkylation sites (N-methyl/N-ethyl adjacent to an activating group) is 1. The Morgan fingerprint density at radius 1 is 0.889 bits per heavy atom. The molecule has 1 aliphatic heterocycles. The van der Waals surface area contributed by atoms with Gasteiger partial charge in [-0.1, -0.05) is 59.6 Å². The molecule has 36 heavy (non-hydrogen) atoms. The molecule has 0 fully saturated rings. The number of fused-ring (bicyclic) bond motifs is 5. The van der Waals surface area contributed by atoms with E-state index < -0.39 is 15.1 Å². The van der Waals surface area contributed by atoms with Crippen LogP contribution < -0.4 is 0 Å². The number of benzene rings is 3. The van der Waals surface area contributed by atoms with Crippen molar-refractivity contribution in [2.75, 3.05) is 13.6 Å². The second-order valence-corrected chi connectivity index (χ2v) is 13.0. The minimum Gasteiger partial charge on any atom is -0.375 e. The van der Waals surface area contributed by atoms with Crippen molar-refractivity contribution in [1.82, 2.24) is 4.90 Å². The van der Waals surface area contributed by atoms with Crippen LogP contribution in [-0.4, -0.2) is 32.2 Å². The van der Waals surface area contributed by atoms with E-state index in [-0.39, 0.29) is 5.92 Å². The summed E-state index contributed by atoms with van der Waals surface area (Å²) >= 11 is 13.2. The third-order valence-electron chi connectivity index (χ3n) is 7.89. The van der Waals surface area contributed by atoms with Gasteiger partial charge in [0.05, 0.1) is 16.7 Å². The highest BCUT2D eigenvalue weighted by Gasteiger charge is 2.43. The molecule has 3 nitrogen and oxygen atoms in total. The Kier molecular flexibility index (Phi) is 6.02. The molecular weight excluding hydrogens is 509 g/mol. The SMILES string of the molecule is CN1C=CC=C(S(=O)(=O)C2CCc3c(ccc4c3CCc3ccccc3-4)C2c2cc(Cl)ccc2Cl)C1. The van der Waals surface area contributed by atoms with Gasteiger partial charge in [-0.15, -0.1) is 0 Å². The molecule has 0 aromatic heterocycles. The maximum absolute atomic E-state index is 14.1. The zero-order valence-electron chi connectivity index (χ0n) is 20.0. The summed E-state index contributed by atoms with van der Waals surface area (Å²) in [5.41, 5.74) is 8.42. The molecule has 2 atom stereocenters. The minimum atomic E-state index is -3.59. The second kappa shape index (κ2) is 9.09. The molecule has 3 aromatic carbocycles. The molecule has 6 heteroatoms. The van der Waals surface area contributed by atoms with E-state index in [2.05, 4.69) is 36.4 Å². The van der Waals surface area contributed by atoms with E-state index in [9.17, 15) is 8.42 Å². The van der Waals surface area contributed by atoms with Gasteiger partial charge in [0.1, 0.15) is 0 Å². The van der Waals surface area contributed by atoms with Crippen LogP contribution in [0, 0.1) is 0 Å². The number of hydrogen-bond acceptors (Lipinski definition) is 3. The molecule has 184 valence electrons. The Morgan fingerprint density at radius 3 is 2.56 bits per heavy atom. The highest BCUT2D eigenvalue weighted by Crippen LogP contribution is 2.48. The van der Waals surface area contributed by atoms with Crippen LogP contribution in [0.25, 0.3) is 11.1 Å². The Hall–Kier alpha value is -2.53. The largest absolute Gasteiger partial charge is 0.375 e. The van der Waals surface area contributed by atoms with Crippen LogP contribution in [0.3, 0.4) is 0 Å². The number of nitrogens with zero attached hydrogens (tertiary/aromatic N) is 1. The van der Waals surface area contributed by atoms with Gasteiger partial charge >= 0.3 is 0 Å². The van der Waals surface area contributed by atoms with Crippen molar-refractivity contribution in [2.24, 2.45) is 0 Å². The van der Waals surface area contributed by atoms with Crippen molar-refractivity contribution in [2.45, 2.75) is 36.9 Å². The summed E-state index contributed by atoms with van der Waals surface area (Å²) in [6.07, 6.45) is 8.68. The van der Waals surface area contributed by atoms with Gasteiger partial charge in [-0.05, 0) is 101 Å². The van der Waals surface area contributed by atoms with Crippen molar-refractivity contribution in [1.29, 1.82) is 0 Å². The second-order valence-electron chi connectivity index (χ2n) is 9.97. The summed E-state index contributed by atoms with van der Waals surface area (Å²) in [4.78, 5) is 2.36. The van der Waals surface area contributed by atoms with Gasteiger partial charge in [-0.25, -0.2) is 8.42 Å². The number of allylic oxidation sites excluding steroid dienone is 2. The summed E-state index contributed by atoms with van der Waals surface area (Å²) in [5, 5.41) is 0.500. The summed E-state index contributed by atoms with van der Waals surface area (Å²) in [5.74, 6) is -0.385. The van der Waals surface area contributed by atoms with Gasteiger partial charge in [-0.3, -0.25) is 0 Å². The van der Waals surface area contributed by atoms with Gasteiger partial charge in [-0.2, -0.15) is 0 Å². The molecular formula is C30H27Cl2NO2S. The molecule has 6 rings (SSSR count). The number of sulfone groups is 1. The first-order valence-corrected chi connectivity index (χ1v) is 14.6. The first-order chi connectivity index (χ1) is 17.3. The van der Waals surface area contributed by atoms with Crippen molar-refractivity contribution in [3.8, 4) is 11.1 Å². The Labute approximate surface area is 223 Å². The summed E-state index contributed by atoms with van der Waals surface area (Å²) in [7, 11) is -1.70. The van der Waals surface area contributed by atoms with E-state index in [1.807, 2.05) is 30.3 Å². The molecule has 0 amide bonds. The molecule has 0 N–H and O–H groups in total. The monoisotopic (exact) mass is 535 g/mol. The molecule has 2 unspecified atom stereocenters. The molecule has 2 aliphatic carbocycles. The maximum Gasteiger partial charge on any atom is 0.180 e. The van der Waals surface area contributed by atoms with Crippen LogP contribution in [0.4, 0.5) is 0 Å². The Balaban J connectivity index is 1.54. The fraction of sp³-hybridized carbons (Fsp3) is 0.267. The lowest BCUT2D eigenvalue weighted by molar-refractivity contribution is 0.489. The number of halogens is 2. The van der Waals surface area contributed by atoms with Crippen LogP contribution in [0.1, 0.15) is 40.2 Å². The average molecular weight is 537 g/mol. The quantitative estimate of drug-likeness (QED) is 0.363. The van der Waals surface area contributed by atoms with Gasteiger partial charge in [0.2, 0.25) is 0 Å². The lowest BCUT2D eigenvalue weighted by Crippen LogP contribution is -2.37. The molecule has 1 heterocycles. The third-order valence-corrected chi connectivity index (χ3v) is 10.8. The fourth-order valence-corrected chi connectivity index (χ4v) is 8.77. The molecule has 0 radical (unpaired) electrons. The van der Waals surface area contributed by atoms with Crippen molar-refractivity contribution in [3.63, 3.8) is 0 Å². The lowest BCUT2D eigenvalue weighted by atomic mass is 9.73. The minimum absolute atomic E-state index is 0.374. The molecule has 3 aliphatic rings. The number of hydrogen-bond donors (Lipinski definition) is 0. The predicted octanol–water partition coefficient (Wildman–Crippen LogP) is 6.96. The molecule has 0 spiro atoms. The topological polar surface area (TPSA) is 37.4 Å². The average Bonchev–Trinajstić information content (AvgIpc) is 2.89. The first-order valence-electron chi connectivity index (χ1n) is 12.3. The summed E-state index contributed by atoms with van der Waals surface area (Å²) < 4.78 is 28.2. The van der Waals surface area contributed by atoms with Crippen LogP contribution in [0.15, 0.2) is 77.9 Å². The van der Waals surface area contributed by atoms with Gasteiger partial charge in [0.25, 0.3) is 0 Å². The Bertz CT molecular complexity index is 1540. The lowest BCUT2D eigenvalue weighted by Gasteiger charge is -2.37. The van der Waals surface area contributed by atoms with Crippen molar-refractivity contribution < 1.29 is 8.42 Å². The van der Waals surface area contributed by atoms with E-state index in [1.165, 1.54) is 27.8 Å². The fourth-order valence-electron chi connectivity index (χ4n) is 6.23. The normalized spacial score (nSPS) is 20.9. The smallest absolute Gasteiger partial charge is 0.180 e. The van der Waals surface area contributed by atoms with E-state index in [4.69, 9.17) is 23.2 Å². The number of aryl methyl sites for hydroxylation is 1. The van der Waals surface area contributed by atoms with Crippen LogP contribution in [0.2, 0.25) is 10.0 Å². The highest BCUT2D eigenvalue weighted by molar-refractivity contribution is 7.96. The Morgan fingerprint density at radius 2 is 1.72 bits per heavy atom. The van der Waals surface area contributed by atoms with Gasteiger partial charge in [0.15, 0.2) is 9.84 Å². The molecule has 3 aromatic rings. The van der Waals surface area contributed by atoms with E-state index in [1.54, 1.807) is 18.2 Å². The van der Waals surface area contributed by atoms with E-state index in [0.29, 0.717) is 27.9 Å². The third kappa shape index (κ3) is 3.91. The van der Waals surface area contributed by atoms with Crippen molar-refractivity contribution >= 4 is 33.0 Å². The van der Waals surface area contributed by atoms with Crippen LogP contribution in [-0.2, 0) is 29.1 Å². The zero-order chi connectivity index (χ0) is 25.0. The molecule has 0 saturated heterocycles. The molecule has 0 bridgehead atoms. The standard InChI is InChI=1S/C30H27Cl2NO2S/c1-33-16-4-6-21(18-33)36(34,35)29-15-13-25-24-10-8-19-5-2-3-7-22(19)23(24)11-12-26(25)30(29)27-17-20(31)9-14-28(27)32/h2-7,9,11-12,14,16-17,29-30H,8,10,13,15,18H2,1H3. The van der Waals surface area contributed by atoms with Crippen LogP contribution >= 0.6 is 23.2 Å². The first kappa shape index (κ1) is 23.8. The predicted molar refractivity (Wildman–Crippen MR) is 148 cm³/mol. The van der Waals surface area contributed by atoms with Gasteiger partial charge < -0.3 is 4.90 Å². The van der Waals surface area contributed by atoms with E-state index in [0.717, 1.165) is 30.4 Å². The zero-order valence-corrected chi connectivity index (χ0v) is 22.4. The highest BCUT2D eigenvalue weighted by atomic mass is 35.5. The van der Waals surface area contributed by atoms with Crippen LogP contribution in [0.5, 0.6) is 0 Å². The van der Waals surface area contributed by atoms with E-state index >= 15 is 0 Å².